The number of ketones is 1. The summed E-state index contributed by atoms with van der Waals surface area (Å²) in [7, 11) is 0. The molecule has 0 radical (unpaired) electrons. The summed E-state index contributed by atoms with van der Waals surface area (Å²) >= 11 is 0. The Morgan fingerprint density at radius 3 is 2.15 bits per heavy atom. The summed E-state index contributed by atoms with van der Waals surface area (Å²) in [5, 5.41) is 6.17. The monoisotopic (exact) mass is 655 g/mol. The average molecular weight is 656 g/mol. The first kappa shape index (κ1) is 35.4. The number of para-hydroxylation sites is 1. The maximum absolute atomic E-state index is 13.9. The van der Waals surface area contributed by atoms with Gasteiger partial charge in [-0.25, -0.2) is 4.79 Å². The fourth-order valence-corrected chi connectivity index (χ4v) is 4.99. The summed E-state index contributed by atoms with van der Waals surface area (Å²) < 4.78 is 10.9. The Bertz CT molecular complexity index is 1750. The number of nitrogens with two attached hydrogens (primary N) is 2. The molecule has 0 saturated heterocycles. The van der Waals surface area contributed by atoms with Crippen LogP contribution >= 0.6 is 0 Å². The summed E-state index contributed by atoms with van der Waals surface area (Å²) in [6.07, 6.45) is 0.678. The number of carbonyl (C=O) groups is 5. The molecule has 0 fully saturated rings. The highest BCUT2D eigenvalue weighted by Gasteiger charge is 2.31. The van der Waals surface area contributed by atoms with Gasteiger partial charge in [0.2, 0.25) is 11.8 Å². The van der Waals surface area contributed by atoms with Crippen LogP contribution in [-0.4, -0.2) is 58.4 Å². The smallest absolute Gasteiger partial charge is 0.408 e. The van der Waals surface area contributed by atoms with Crippen molar-refractivity contribution in [2.75, 3.05) is 0 Å². The standard InChI is InChI=1S/C36H41N5O7/c1-36(2,3)48-35(46)41-30(18-25-20-39-28-12-8-7-11-26(25)28)34(45)40-29(19-31(42)47-21-23-9-5-4-6-10-23)32(43)24-15-13-22(14-16-24)17-27(37)33(38)44/h4-16,20,27,29-30,39H,17-19,21,37H2,1-3H3,(H2,38,44)(H,40,45)(H,41,46)/t27-,29-,30-/m0/s1. The van der Waals surface area contributed by atoms with E-state index in [-0.39, 0.29) is 25.0 Å². The molecule has 3 amide bonds. The third kappa shape index (κ3) is 10.3. The van der Waals surface area contributed by atoms with E-state index in [0.29, 0.717) is 5.56 Å². The molecular formula is C36H41N5O7. The number of amides is 3. The minimum absolute atomic E-state index is 0.0211. The van der Waals surface area contributed by atoms with Crippen molar-refractivity contribution in [1.82, 2.24) is 15.6 Å². The van der Waals surface area contributed by atoms with Gasteiger partial charge in [0, 0.05) is 29.1 Å². The van der Waals surface area contributed by atoms with Gasteiger partial charge in [-0.2, -0.15) is 0 Å². The number of primary amides is 1. The van der Waals surface area contributed by atoms with Crippen LogP contribution in [0.2, 0.25) is 0 Å². The normalized spacial score (nSPS) is 13.2. The van der Waals surface area contributed by atoms with E-state index in [0.717, 1.165) is 22.0 Å². The van der Waals surface area contributed by atoms with Crippen LogP contribution in [0.4, 0.5) is 4.79 Å². The van der Waals surface area contributed by atoms with Crippen LogP contribution in [-0.2, 0) is 43.3 Å². The van der Waals surface area contributed by atoms with Crippen LogP contribution in [0.15, 0.2) is 85.1 Å². The van der Waals surface area contributed by atoms with Gasteiger partial charge in [0.1, 0.15) is 24.3 Å². The minimum atomic E-state index is -1.34. The van der Waals surface area contributed by atoms with Crippen molar-refractivity contribution in [2.24, 2.45) is 11.5 Å². The maximum Gasteiger partial charge on any atom is 0.408 e. The lowest BCUT2D eigenvalue weighted by Crippen LogP contribution is -2.53. The van der Waals surface area contributed by atoms with Crippen LogP contribution in [0, 0.1) is 0 Å². The topological polar surface area (TPSA) is 196 Å². The fourth-order valence-electron chi connectivity index (χ4n) is 4.99. The van der Waals surface area contributed by atoms with E-state index < -0.39 is 59.8 Å². The number of aromatic amines is 1. The molecule has 0 saturated carbocycles. The van der Waals surface area contributed by atoms with Gasteiger partial charge in [0.05, 0.1) is 12.5 Å². The molecule has 1 aromatic heterocycles. The van der Waals surface area contributed by atoms with Gasteiger partial charge in [-0.05, 0) is 49.9 Å². The molecule has 0 bridgehead atoms. The zero-order valence-electron chi connectivity index (χ0n) is 27.2. The number of alkyl carbamates (subject to hydrolysis) is 1. The van der Waals surface area contributed by atoms with E-state index in [4.69, 9.17) is 20.9 Å². The number of nitrogens with one attached hydrogen (secondary N) is 3. The van der Waals surface area contributed by atoms with E-state index in [2.05, 4.69) is 15.6 Å². The van der Waals surface area contributed by atoms with Crippen LogP contribution < -0.4 is 22.1 Å². The van der Waals surface area contributed by atoms with Crippen molar-refractivity contribution in [1.29, 1.82) is 0 Å². The molecule has 12 heteroatoms. The molecule has 4 aromatic rings. The number of hydrogen-bond acceptors (Lipinski definition) is 8. The first-order chi connectivity index (χ1) is 22.8. The third-order valence-electron chi connectivity index (χ3n) is 7.41. The molecule has 0 unspecified atom stereocenters. The average Bonchev–Trinajstić information content (AvgIpc) is 3.45. The highest BCUT2D eigenvalue weighted by Crippen LogP contribution is 2.20. The molecule has 4 rings (SSSR count). The molecule has 0 spiro atoms. The first-order valence-corrected chi connectivity index (χ1v) is 15.5. The van der Waals surface area contributed by atoms with Crippen LogP contribution in [0.25, 0.3) is 10.9 Å². The molecule has 3 aromatic carbocycles. The van der Waals surface area contributed by atoms with Crippen LogP contribution in [0.1, 0.15) is 54.2 Å². The van der Waals surface area contributed by atoms with Crippen molar-refractivity contribution in [3.05, 3.63) is 107 Å². The molecular weight excluding hydrogens is 614 g/mol. The van der Waals surface area contributed by atoms with Crippen molar-refractivity contribution in [2.45, 2.75) is 70.4 Å². The Morgan fingerprint density at radius 2 is 1.48 bits per heavy atom. The Hall–Kier alpha value is -5.49. The summed E-state index contributed by atoms with van der Waals surface area (Å²) in [6, 6.07) is 19.4. The second-order valence-electron chi connectivity index (χ2n) is 12.4. The Kier molecular flexibility index (Phi) is 11.7. The number of rotatable bonds is 14. The van der Waals surface area contributed by atoms with Crippen molar-refractivity contribution in [3.8, 4) is 0 Å². The predicted molar refractivity (Wildman–Crippen MR) is 180 cm³/mol. The maximum atomic E-state index is 13.9. The Morgan fingerprint density at radius 1 is 0.812 bits per heavy atom. The van der Waals surface area contributed by atoms with E-state index in [1.807, 2.05) is 30.3 Å². The largest absolute Gasteiger partial charge is 0.461 e. The van der Waals surface area contributed by atoms with E-state index in [9.17, 15) is 24.0 Å². The second-order valence-corrected chi connectivity index (χ2v) is 12.4. The van der Waals surface area contributed by atoms with Gasteiger partial charge in [0.25, 0.3) is 0 Å². The number of Topliss-reactive ketones (excluding diaryl/α,β-unsaturated/α-hetero) is 1. The molecule has 0 aliphatic rings. The lowest BCUT2D eigenvalue weighted by molar-refractivity contribution is -0.145. The molecule has 48 heavy (non-hydrogen) atoms. The van der Waals surface area contributed by atoms with Crippen molar-refractivity contribution in [3.63, 3.8) is 0 Å². The highest BCUT2D eigenvalue weighted by molar-refractivity contribution is 6.04. The number of aromatic nitrogens is 1. The van der Waals surface area contributed by atoms with E-state index >= 15 is 0 Å². The van der Waals surface area contributed by atoms with Crippen molar-refractivity contribution < 1.29 is 33.4 Å². The minimum Gasteiger partial charge on any atom is -0.461 e. The second kappa shape index (κ2) is 15.9. The zero-order valence-corrected chi connectivity index (χ0v) is 27.2. The van der Waals surface area contributed by atoms with Gasteiger partial charge in [-0.3, -0.25) is 19.2 Å². The van der Waals surface area contributed by atoms with Gasteiger partial charge in [0.15, 0.2) is 5.78 Å². The Balaban J connectivity index is 1.58. The Labute approximate surface area is 278 Å². The molecule has 0 aliphatic carbocycles. The number of benzene rings is 3. The quantitative estimate of drug-likeness (QED) is 0.101. The lowest BCUT2D eigenvalue weighted by atomic mass is 9.97. The molecule has 252 valence electrons. The van der Waals surface area contributed by atoms with Crippen LogP contribution in [0.5, 0.6) is 0 Å². The highest BCUT2D eigenvalue weighted by atomic mass is 16.6. The first-order valence-electron chi connectivity index (χ1n) is 15.5. The summed E-state index contributed by atoms with van der Waals surface area (Å²) in [5.41, 5.74) is 13.4. The van der Waals surface area contributed by atoms with Gasteiger partial charge in [-0.1, -0.05) is 72.8 Å². The molecule has 12 nitrogen and oxygen atoms in total. The molecule has 0 aliphatic heterocycles. The number of fused-ring (bicyclic) bond motifs is 1. The number of esters is 1. The number of carbonyl (C=O) groups excluding carboxylic acids is 5. The third-order valence-corrected chi connectivity index (χ3v) is 7.41. The lowest BCUT2D eigenvalue weighted by Gasteiger charge is -2.25. The molecule has 1 heterocycles. The fraction of sp³-hybridized carbons (Fsp3) is 0.306. The summed E-state index contributed by atoms with van der Waals surface area (Å²) in [5.74, 6) is -2.64. The summed E-state index contributed by atoms with van der Waals surface area (Å²) in [6.45, 7) is 5.07. The van der Waals surface area contributed by atoms with Gasteiger partial charge >= 0.3 is 12.1 Å². The van der Waals surface area contributed by atoms with Crippen LogP contribution in [0.3, 0.4) is 0 Å². The van der Waals surface area contributed by atoms with E-state index in [1.54, 1.807) is 63.4 Å². The SMILES string of the molecule is CC(C)(C)OC(=O)N[C@@H](Cc1c[nH]c2ccccc12)C(=O)N[C@@H](CC(=O)OCc1ccccc1)C(=O)c1ccc(C[C@H](N)C(N)=O)cc1. The number of hydrogen-bond donors (Lipinski definition) is 5. The van der Waals surface area contributed by atoms with E-state index in [1.165, 1.54) is 12.1 Å². The number of H-pyrrole nitrogens is 1. The predicted octanol–water partition coefficient (Wildman–Crippen LogP) is 3.46. The number of ether oxygens (including phenoxy) is 2. The molecule has 3 atom stereocenters. The molecule has 7 N–H and O–H groups in total. The summed E-state index contributed by atoms with van der Waals surface area (Å²) in [4.78, 5) is 68.1. The zero-order chi connectivity index (χ0) is 34.8. The van der Waals surface area contributed by atoms with Crippen molar-refractivity contribution >= 4 is 40.6 Å². The van der Waals surface area contributed by atoms with Gasteiger partial charge < -0.3 is 36.6 Å². The van der Waals surface area contributed by atoms with Gasteiger partial charge in [-0.15, -0.1) is 0 Å².